The third-order valence-corrected chi connectivity index (χ3v) is 6.56. The highest BCUT2D eigenvalue weighted by molar-refractivity contribution is 7.91. The molecule has 0 heterocycles. The molecule has 0 aromatic heterocycles. The highest BCUT2D eigenvalue weighted by atomic mass is 32.2. The maximum atomic E-state index is 11.6. The number of hydrogen-bond acceptors (Lipinski definition) is 3. The molecule has 1 rings (SSSR count). The van der Waals surface area contributed by atoms with Gasteiger partial charge in [0.1, 0.15) is 9.84 Å². The van der Waals surface area contributed by atoms with Crippen molar-refractivity contribution in [1.29, 1.82) is 0 Å². The molecular formula is C15H30O3S. The zero-order valence-corrected chi connectivity index (χ0v) is 13.3. The quantitative estimate of drug-likeness (QED) is 0.747. The SMILES string of the molecule is CCCCC1CCC(CO)(CCS(=O)(=O)CC)CC1. The minimum atomic E-state index is -2.91. The normalized spacial score (nSPS) is 28.5. The summed E-state index contributed by atoms with van der Waals surface area (Å²) in [7, 11) is -2.91. The standard InChI is InChI=1S/C15H30O3S/c1-3-5-6-14-7-9-15(13-16,10-8-14)11-12-19(17,18)4-2/h14,16H,3-13H2,1-2H3. The highest BCUT2D eigenvalue weighted by Crippen LogP contribution is 2.42. The Hall–Kier alpha value is -0.0900. The number of sulfone groups is 1. The summed E-state index contributed by atoms with van der Waals surface area (Å²) < 4.78 is 23.2. The number of aliphatic hydroxyl groups excluding tert-OH is 1. The van der Waals surface area contributed by atoms with Gasteiger partial charge in [0.25, 0.3) is 0 Å². The van der Waals surface area contributed by atoms with Crippen LogP contribution in [0.5, 0.6) is 0 Å². The Morgan fingerprint density at radius 1 is 1.21 bits per heavy atom. The van der Waals surface area contributed by atoms with E-state index in [1.54, 1.807) is 6.92 Å². The van der Waals surface area contributed by atoms with Crippen LogP contribution in [0.2, 0.25) is 0 Å². The van der Waals surface area contributed by atoms with Crippen LogP contribution in [0.4, 0.5) is 0 Å². The molecule has 1 saturated carbocycles. The first-order valence-electron chi connectivity index (χ1n) is 7.78. The second-order valence-corrected chi connectivity index (χ2v) is 8.70. The topological polar surface area (TPSA) is 54.4 Å². The van der Waals surface area contributed by atoms with Gasteiger partial charge >= 0.3 is 0 Å². The Bertz CT molecular complexity index is 340. The predicted octanol–water partition coefficient (Wildman–Crippen LogP) is 3.17. The summed E-state index contributed by atoms with van der Waals surface area (Å²) in [5.41, 5.74) is -0.120. The Morgan fingerprint density at radius 2 is 1.84 bits per heavy atom. The van der Waals surface area contributed by atoms with E-state index in [9.17, 15) is 13.5 Å². The van der Waals surface area contributed by atoms with Crippen molar-refractivity contribution in [2.45, 2.75) is 65.2 Å². The van der Waals surface area contributed by atoms with Crippen LogP contribution in [0.15, 0.2) is 0 Å². The van der Waals surface area contributed by atoms with Crippen LogP contribution in [0.1, 0.15) is 65.2 Å². The van der Waals surface area contributed by atoms with Crippen molar-refractivity contribution >= 4 is 9.84 Å². The number of unbranched alkanes of at least 4 members (excludes halogenated alkanes) is 1. The fourth-order valence-corrected chi connectivity index (χ4v) is 4.11. The molecule has 1 fully saturated rings. The van der Waals surface area contributed by atoms with Crippen LogP contribution in [0.3, 0.4) is 0 Å². The van der Waals surface area contributed by atoms with E-state index in [1.807, 2.05) is 0 Å². The van der Waals surface area contributed by atoms with Gasteiger partial charge in [-0.05, 0) is 43.4 Å². The van der Waals surface area contributed by atoms with Crippen molar-refractivity contribution in [2.75, 3.05) is 18.1 Å². The molecule has 0 amide bonds. The molecule has 1 N–H and O–H groups in total. The molecule has 0 unspecified atom stereocenters. The van der Waals surface area contributed by atoms with E-state index in [-0.39, 0.29) is 23.5 Å². The van der Waals surface area contributed by atoms with Crippen molar-refractivity contribution in [3.63, 3.8) is 0 Å². The van der Waals surface area contributed by atoms with Gasteiger partial charge in [0.2, 0.25) is 0 Å². The molecule has 0 spiro atoms. The van der Waals surface area contributed by atoms with Crippen LogP contribution >= 0.6 is 0 Å². The average Bonchev–Trinajstić information content (AvgIpc) is 2.44. The minimum Gasteiger partial charge on any atom is -0.396 e. The van der Waals surface area contributed by atoms with E-state index in [1.165, 1.54) is 19.3 Å². The molecule has 0 radical (unpaired) electrons. The molecule has 0 aromatic carbocycles. The lowest BCUT2D eigenvalue weighted by atomic mass is 9.68. The van der Waals surface area contributed by atoms with E-state index in [4.69, 9.17) is 0 Å². The Labute approximate surface area is 118 Å². The van der Waals surface area contributed by atoms with E-state index in [2.05, 4.69) is 6.92 Å². The molecule has 4 heteroatoms. The monoisotopic (exact) mass is 290 g/mol. The summed E-state index contributed by atoms with van der Waals surface area (Å²) in [4.78, 5) is 0. The molecule has 0 aliphatic heterocycles. The van der Waals surface area contributed by atoms with Gasteiger partial charge in [0.15, 0.2) is 0 Å². The highest BCUT2D eigenvalue weighted by Gasteiger charge is 2.35. The zero-order chi connectivity index (χ0) is 14.4. The summed E-state index contributed by atoms with van der Waals surface area (Å²) in [6, 6.07) is 0. The first kappa shape index (κ1) is 17.0. The van der Waals surface area contributed by atoms with Gasteiger partial charge in [0.05, 0.1) is 5.75 Å². The van der Waals surface area contributed by atoms with Gasteiger partial charge in [-0.15, -0.1) is 0 Å². The molecule has 0 bridgehead atoms. The second-order valence-electron chi connectivity index (χ2n) is 6.23. The van der Waals surface area contributed by atoms with Gasteiger partial charge < -0.3 is 5.11 Å². The summed E-state index contributed by atoms with van der Waals surface area (Å²) in [5, 5.41) is 9.68. The molecule has 3 nitrogen and oxygen atoms in total. The molecule has 114 valence electrons. The predicted molar refractivity (Wildman–Crippen MR) is 79.9 cm³/mol. The molecule has 19 heavy (non-hydrogen) atoms. The van der Waals surface area contributed by atoms with Crippen LogP contribution < -0.4 is 0 Å². The van der Waals surface area contributed by atoms with E-state index >= 15 is 0 Å². The molecular weight excluding hydrogens is 260 g/mol. The number of rotatable bonds is 8. The lowest BCUT2D eigenvalue weighted by molar-refractivity contribution is 0.0591. The summed E-state index contributed by atoms with van der Waals surface area (Å²) >= 11 is 0. The van der Waals surface area contributed by atoms with Crippen LogP contribution in [0.25, 0.3) is 0 Å². The summed E-state index contributed by atoms with van der Waals surface area (Å²) in [5.74, 6) is 1.25. The van der Waals surface area contributed by atoms with Gasteiger partial charge in [-0.2, -0.15) is 0 Å². The van der Waals surface area contributed by atoms with Crippen molar-refractivity contribution in [3.05, 3.63) is 0 Å². The fraction of sp³-hybridized carbons (Fsp3) is 1.00. The Balaban J connectivity index is 2.46. The number of hydrogen-bond donors (Lipinski definition) is 1. The fourth-order valence-electron chi connectivity index (χ4n) is 3.07. The molecule has 0 saturated heterocycles. The third kappa shape index (κ3) is 5.42. The lowest BCUT2D eigenvalue weighted by Crippen LogP contribution is -2.33. The molecule has 0 atom stereocenters. The molecule has 1 aliphatic carbocycles. The van der Waals surface area contributed by atoms with Gasteiger partial charge in [-0.3, -0.25) is 0 Å². The van der Waals surface area contributed by atoms with Gasteiger partial charge in [0, 0.05) is 12.4 Å². The lowest BCUT2D eigenvalue weighted by Gasteiger charge is -2.39. The first-order chi connectivity index (χ1) is 8.97. The largest absolute Gasteiger partial charge is 0.396 e. The van der Waals surface area contributed by atoms with Crippen LogP contribution in [-0.2, 0) is 9.84 Å². The Kier molecular flexibility index (Phi) is 6.81. The van der Waals surface area contributed by atoms with Gasteiger partial charge in [-0.1, -0.05) is 33.1 Å². The molecule has 1 aliphatic rings. The zero-order valence-electron chi connectivity index (χ0n) is 12.5. The van der Waals surface area contributed by atoms with E-state index in [0.29, 0.717) is 6.42 Å². The van der Waals surface area contributed by atoms with Gasteiger partial charge in [-0.25, -0.2) is 8.42 Å². The molecule has 0 aromatic rings. The summed E-state index contributed by atoms with van der Waals surface area (Å²) in [6.07, 6.45) is 8.79. The van der Waals surface area contributed by atoms with E-state index < -0.39 is 9.84 Å². The maximum Gasteiger partial charge on any atom is 0.150 e. The third-order valence-electron chi connectivity index (χ3n) is 4.85. The Morgan fingerprint density at radius 3 is 2.32 bits per heavy atom. The van der Waals surface area contributed by atoms with Crippen molar-refractivity contribution < 1.29 is 13.5 Å². The van der Waals surface area contributed by atoms with Crippen LogP contribution in [0, 0.1) is 11.3 Å². The second kappa shape index (κ2) is 7.63. The van der Waals surface area contributed by atoms with E-state index in [0.717, 1.165) is 31.6 Å². The van der Waals surface area contributed by atoms with Crippen molar-refractivity contribution in [2.24, 2.45) is 11.3 Å². The summed E-state index contributed by atoms with van der Waals surface area (Å²) in [6.45, 7) is 4.06. The minimum absolute atomic E-state index is 0.120. The van der Waals surface area contributed by atoms with Crippen LogP contribution in [-0.4, -0.2) is 31.6 Å². The number of aliphatic hydroxyl groups is 1. The smallest absolute Gasteiger partial charge is 0.150 e. The maximum absolute atomic E-state index is 11.6. The first-order valence-corrected chi connectivity index (χ1v) is 9.60. The van der Waals surface area contributed by atoms with Crippen molar-refractivity contribution in [1.82, 2.24) is 0 Å². The van der Waals surface area contributed by atoms with Crippen molar-refractivity contribution in [3.8, 4) is 0 Å². The average molecular weight is 290 g/mol.